The molecule has 1 aliphatic rings. The first-order chi connectivity index (χ1) is 11.2. The van der Waals surface area contributed by atoms with E-state index in [0.717, 1.165) is 6.42 Å². The van der Waals surface area contributed by atoms with E-state index in [9.17, 15) is 14.7 Å². The van der Waals surface area contributed by atoms with Crippen molar-refractivity contribution in [3.8, 4) is 0 Å². The van der Waals surface area contributed by atoms with Gasteiger partial charge < -0.3 is 10.4 Å². The van der Waals surface area contributed by atoms with Crippen LogP contribution in [0.2, 0.25) is 0 Å². The number of carbonyl (C=O) groups is 2. The summed E-state index contributed by atoms with van der Waals surface area (Å²) in [6.45, 7) is 0.121. The molecule has 4 nitrogen and oxygen atoms in total. The number of aliphatic carboxylic acids is 1. The third-order valence-corrected chi connectivity index (χ3v) is 4.34. The molecule has 0 saturated heterocycles. The first kappa shape index (κ1) is 15.3. The standard InChI is InChI=1S/C19H19NO3/c21-18(16-11-15(16)13-7-3-1-4-8-13)20-12-17(19(22)23)14-9-5-2-6-10-14/h1-10,15-17H,11-12H2,(H,20,21)(H,22,23)/t15-,16+,17+/m0/s1. The second-order valence-electron chi connectivity index (χ2n) is 5.91. The average molecular weight is 309 g/mol. The van der Waals surface area contributed by atoms with Gasteiger partial charge in [-0.1, -0.05) is 60.7 Å². The van der Waals surface area contributed by atoms with Crippen molar-refractivity contribution in [3.63, 3.8) is 0 Å². The predicted molar refractivity (Wildman–Crippen MR) is 87.1 cm³/mol. The van der Waals surface area contributed by atoms with Crippen LogP contribution in [-0.4, -0.2) is 23.5 Å². The summed E-state index contributed by atoms with van der Waals surface area (Å²) in [7, 11) is 0. The van der Waals surface area contributed by atoms with Gasteiger partial charge >= 0.3 is 5.97 Å². The molecule has 0 aromatic heterocycles. The molecule has 0 bridgehead atoms. The normalized spacial score (nSPS) is 20.5. The third kappa shape index (κ3) is 3.59. The highest BCUT2D eigenvalue weighted by Crippen LogP contribution is 2.47. The van der Waals surface area contributed by atoms with Gasteiger partial charge in [0.05, 0.1) is 5.92 Å². The third-order valence-electron chi connectivity index (χ3n) is 4.34. The van der Waals surface area contributed by atoms with Crippen molar-refractivity contribution < 1.29 is 14.7 Å². The lowest BCUT2D eigenvalue weighted by atomic mass is 9.99. The summed E-state index contributed by atoms with van der Waals surface area (Å²) in [5, 5.41) is 12.2. The number of rotatable bonds is 6. The molecule has 1 saturated carbocycles. The zero-order chi connectivity index (χ0) is 16.2. The Kier molecular flexibility index (Phi) is 4.42. The molecule has 2 N–H and O–H groups in total. The fourth-order valence-corrected chi connectivity index (χ4v) is 2.92. The summed E-state index contributed by atoms with van der Waals surface area (Å²) >= 11 is 0. The number of hydrogen-bond donors (Lipinski definition) is 2. The number of nitrogens with one attached hydrogen (secondary N) is 1. The molecule has 3 rings (SSSR count). The molecule has 1 aliphatic carbocycles. The molecule has 118 valence electrons. The molecule has 0 radical (unpaired) electrons. The molecular weight excluding hydrogens is 290 g/mol. The van der Waals surface area contributed by atoms with Crippen LogP contribution in [-0.2, 0) is 9.59 Å². The van der Waals surface area contributed by atoms with E-state index in [2.05, 4.69) is 5.32 Å². The largest absolute Gasteiger partial charge is 0.481 e. The molecule has 2 aromatic rings. The van der Waals surface area contributed by atoms with E-state index < -0.39 is 11.9 Å². The minimum Gasteiger partial charge on any atom is -0.481 e. The summed E-state index contributed by atoms with van der Waals surface area (Å²) in [4.78, 5) is 23.7. The Hall–Kier alpha value is -2.62. The average Bonchev–Trinajstić information content (AvgIpc) is 3.37. The van der Waals surface area contributed by atoms with E-state index in [4.69, 9.17) is 0 Å². The van der Waals surface area contributed by atoms with E-state index in [1.54, 1.807) is 24.3 Å². The van der Waals surface area contributed by atoms with Crippen LogP contribution in [0, 0.1) is 5.92 Å². The highest BCUT2D eigenvalue weighted by Gasteiger charge is 2.43. The number of amides is 1. The lowest BCUT2D eigenvalue weighted by Crippen LogP contribution is -2.32. The lowest BCUT2D eigenvalue weighted by Gasteiger charge is -2.14. The Morgan fingerprint density at radius 2 is 1.65 bits per heavy atom. The Morgan fingerprint density at radius 3 is 2.26 bits per heavy atom. The van der Waals surface area contributed by atoms with Crippen LogP contribution in [0.3, 0.4) is 0 Å². The van der Waals surface area contributed by atoms with E-state index in [0.29, 0.717) is 5.56 Å². The minimum atomic E-state index is -0.924. The second-order valence-corrected chi connectivity index (χ2v) is 5.91. The van der Waals surface area contributed by atoms with Crippen molar-refractivity contribution in [1.29, 1.82) is 0 Å². The van der Waals surface area contributed by atoms with Crippen molar-refractivity contribution >= 4 is 11.9 Å². The molecule has 4 heteroatoms. The molecular formula is C19H19NO3. The first-order valence-corrected chi connectivity index (χ1v) is 7.77. The summed E-state index contributed by atoms with van der Waals surface area (Å²) in [5.74, 6) is -1.47. The second kappa shape index (κ2) is 6.65. The molecule has 1 fully saturated rings. The van der Waals surface area contributed by atoms with Crippen LogP contribution in [0.5, 0.6) is 0 Å². The van der Waals surface area contributed by atoms with Crippen LogP contribution < -0.4 is 5.32 Å². The van der Waals surface area contributed by atoms with Crippen LogP contribution in [0.4, 0.5) is 0 Å². The van der Waals surface area contributed by atoms with Crippen molar-refractivity contribution in [1.82, 2.24) is 5.32 Å². The number of carbonyl (C=O) groups excluding carboxylic acids is 1. The summed E-state index contributed by atoms with van der Waals surface area (Å²) in [5.41, 5.74) is 1.88. The van der Waals surface area contributed by atoms with Crippen molar-refractivity contribution in [2.75, 3.05) is 6.54 Å². The molecule has 0 aliphatic heterocycles. The molecule has 0 unspecified atom stereocenters. The van der Waals surface area contributed by atoms with Crippen LogP contribution in [0.1, 0.15) is 29.4 Å². The van der Waals surface area contributed by atoms with Crippen molar-refractivity contribution in [3.05, 3.63) is 71.8 Å². The zero-order valence-corrected chi connectivity index (χ0v) is 12.7. The van der Waals surface area contributed by atoms with E-state index in [1.807, 2.05) is 36.4 Å². The monoisotopic (exact) mass is 309 g/mol. The summed E-state index contributed by atoms with van der Waals surface area (Å²) < 4.78 is 0. The number of carboxylic acid groups (broad SMARTS) is 1. The Morgan fingerprint density at radius 1 is 1.04 bits per heavy atom. The Labute approximate surface area is 135 Å². The minimum absolute atomic E-state index is 0.0392. The highest BCUT2D eigenvalue weighted by atomic mass is 16.4. The maximum absolute atomic E-state index is 12.2. The topological polar surface area (TPSA) is 66.4 Å². The SMILES string of the molecule is O=C(O)[C@H](CNC(=O)[C@@H]1C[C@H]1c1ccccc1)c1ccccc1. The van der Waals surface area contributed by atoms with Gasteiger partial charge in [-0.05, 0) is 23.5 Å². The zero-order valence-electron chi connectivity index (χ0n) is 12.7. The van der Waals surface area contributed by atoms with E-state index in [-0.39, 0.29) is 24.3 Å². The van der Waals surface area contributed by atoms with Crippen molar-refractivity contribution in [2.24, 2.45) is 5.92 Å². The molecule has 1 amide bonds. The van der Waals surface area contributed by atoms with Crippen LogP contribution >= 0.6 is 0 Å². The lowest BCUT2D eigenvalue weighted by molar-refractivity contribution is -0.138. The fourth-order valence-electron chi connectivity index (χ4n) is 2.92. The molecule has 0 heterocycles. The molecule has 2 aromatic carbocycles. The molecule has 3 atom stereocenters. The predicted octanol–water partition coefficient (Wildman–Crippen LogP) is 2.77. The van der Waals surface area contributed by atoms with E-state index >= 15 is 0 Å². The summed E-state index contributed by atoms with van der Waals surface area (Å²) in [6.07, 6.45) is 0.832. The van der Waals surface area contributed by atoms with Crippen LogP contribution in [0.25, 0.3) is 0 Å². The van der Waals surface area contributed by atoms with Gasteiger partial charge in [0.15, 0.2) is 0 Å². The van der Waals surface area contributed by atoms with Gasteiger partial charge in [0.2, 0.25) is 5.91 Å². The van der Waals surface area contributed by atoms with Crippen molar-refractivity contribution in [2.45, 2.75) is 18.3 Å². The van der Waals surface area contributed by atoms with Crippen LogP contribution in [0.15, 0.2) is 60.7 Å². The number of hydrogen-bond acceptors (Lipinski definition) is 2. The first-order valence-electron chi connectivity index (χ1n) is 7.77. The van der Waals surface area contributed by atoms with Gasteiger partial charge in [-0.2, -0.15) is 0 Å². The van der Waals surface area contributed by atoms with Gasteiger partial charge in [-0.3, -0.25) is 9.59 Å². The number of carboxylic acids is 1. The summed E-state index contributed by atoms with van der Waals surface area (Å²) in [6, 6.07) is 19.0. The molecule has 0 spiro atoms. The highest BCUT2D eigenvalue weighted by molar-refractivity contribution is 5.84. The van der Waals surface area contributed by atoms with Gasteiger partial charge in [-0.15, -0.1) is 0 Å². The van der Waals surface area contributed by atoms with Gasteiger partial charge in [0, 0.05) is 12.5 Å². The quantitative estimate of drug-likeness (QED) is 0.862. The van der Waals surface area contributed by atoms with Gasteiger partial charge in [0.25, 0.3) is 0 Å². The Balaban J connectivity index is 1.57. The maximum Gasteiger partial charge on any atom is 0.312 e. The van der Waals surface area contributed by atoms with Gasteiger partial charge in [-0.25, -0.2) is 0 Å². The Bertz CT molecular complexity index is 684. The maximum atomic E-state index is 12.2. The smallest absolute Gasteiger partial charge is 0.312 e. The van der Waals surface area contributed by atoms with Gasteiger partial charge in [0.1, 0.15) is 0 Å². The molecule has 23 heavy (non-hydrogen) atoms. The fraction of sp³-hybridized carbons (Fsp3) is 0.263. The van der Waals surface area contributed by atoms with E-state index in [1.165, 1.54) is 5.56 Å². The number of benzene rings is 2.